The van der Waals surface area contributed by atoms with Gasteiger partial charge in [0.25, 0.3) is 0 Å². The largest absolute Gasteiger partial charge is 0.415 e. The van der Waals surface area contributed by atoms with Crippen LogP contribution in [0.4, 0.5) is 13.2 Å². The number of aliphatic hydroxyl groups is 1. The highest BCUT2D eigenvalue weighted by molar-refractivity contribution is 9.10. The molecule has 0 amide bonds. The maximum Gasteiger partial charge on any atom is 0.415 e. The van der Waals surface area contributed by atoms with Gasteiger partial charge < -0.3 is 5.11 Å². The fraction of sp³-hybridized carbons (Fsp3) is 0.400. The highest BCUT2D eigenvalue weighted by atomic mass is 79.9. The second kappa shape index (κ2) is 5.58. The fourth-order valence-corrected chi connectivity index (χ4v) is 3.20. The molecular weight excluding hydrogens is 337 g/mol. The van der Waals surface area contributed by atoms with Gasteiger partial charge in [0, 0.05) is 4.47 Å². The molecule has 0 aliphatic carbocycles. The SMILES string of the molecule is O=S(=O)(Cc1cccc(Br)c1)CC(O)C(F)(F)F. The van der Waals surface area contributed by atoms with E-state index in [0.717, 1.165) is 0 Å². The quantitative estimate of drug-likeness (QED) is 0.909. The minimum atomic E-state index is -4.93. The molecular formula is C10H10BrF3O3S. The Labute approximate surface area is 111 Å². The Balaban J connectivity index is 2.77. The van der Waals surface area contributed by atoms with Crippen LogP contribution in [0.25, 0.3) is 0 Å². The molecule has 1 atom stereocenters. The average Bonchev–Trinajstić information content (AvgIpc) is 2.13. The van der Waals surface area contributed by atoms with Crippen molar-refractivity contribution in [3.8, 4) is 0 Å². The summed E-state index contributed by atoms with van der Waals surface area (Å²) >= 11 is 3.13. The van der Waals surface area contributed by atoms with Crippen LogP contribution >= 0.6 is 15.9 Å². The number of hydrogen-bond acceptors (Lipinski definition) is 3. The van der Waals surface area contributed by atoms with E-state index < -0.39 is 33.6 Å². The Kier molecular flexibility index (Phi) is 4.79. The maximum atomic E-state index is 12.1. The molecule has 0 bridgehead atoms. The molecule has 0 fully saturated rings. The van der Waals surface area contributed by atoms with Crippen molar-refractivity contribution in [3.05, 3.63) is 34.3 Å². The number of halogens is 4. The van der Waals surface area contributed by atoms with Gasteiger partial charge in [0.2, 0.25) is 0 Å². The standard InChI is InChI=1S/C10H10BrF3O3S/c11-8-3-1-2-7(4-8)5-18(16,17)6-9(15)10(12,13)14/h1-4,9,15H,5-6H2. The predicted octanol–water partition coefficient (Wildman–Crippen LogP) is 2.29. The van der Waals surface area contributed by atoms with Crippen molar-refractivity contribution >= 4 is 25.8 Å². The number of rotatable bonds is 4. The molecule has 1 rings (SSSR count). The normalized spacial score (nSPS) is 14.5. The van der Waals surface area contributed by atoms with Gasteiger partial charge in [0.1, 0.15) is 0 Å². The highest BCUT2D eigenvalue weighted by Crippen LogP contribution is 2.22. The predicted molar refractivity (Wildman–Crippen MR) is 63.7 cm³/mol. The lowest BCUT2D eigenvalue weighted by molar-refractivity contribution is -0.196. The van der Waals surface area contributed by atoms with Crippen LogP contribution in [0.5, 0.6) is 0 Å². The van der Waals surface area contributed by atoms with Crippen LogP contribution in [0, 0.1) is 0 Å². The summed E-state index contributed by atoms with van der Waals surface area (Å²) in [7, 11) is -4.02. The Morgan fingerprint density at radius 1 is 1.33 bits per heavy atom. The Hall–Kier alpha value is -0.600. The topological polar surface area (TPSA) is 54.4 Å². The van der Waals surface area contributed by atoms with Crippen molar-refractivity contribution in [2.24, 2.45) is 0 Å². The summed E-state index contributed by atoms with van der Waals surface area (Å²) in [6.45, 7) is 0. The van der Waals surface area contributed by atoms with Crippen molar-refractivity contribution in [1.82, 2.24) is 0 Å². The minimum Gasteiger partial charge on any atom is -0.383 e. The van der Waals surface area contributed by atoms with E-state index in [4.69, 9.17) is 5.11 Å². The lowest BCUT2D eigenvalue weighted by Gasteiger charge is -2.14. The molecule has 0 radical (unpaired) electrons. The zero-order chi connectivity index (χ0) is 14.0. The van der Waals surface area contributed by atoms with E-state index in [-0.39, 0.29) is 0 Å². The van der Waals surface area contributed by atoms with Gasteiger partial charge in [0.15, 0.2) is 15.9 Å². The third-order valence-electron chi connectivity index (χ3n) is 2.07. The third kappa shape index (κ3) is 4.95. The first-order valence-corrected chi connectivity index (χ1v) is 7.41. The molecule has 0 heterocycles. The van der Waals surface area contributed by atoms with Crippen LogP contribution in [-0.4, -0.2) is 31.6 Å². The van der Waals surface area contributed by atoms with Crippen LogP contribution in [0.1, 0.15) is 5.56 Å². The maximum absolute atomic E-state index is 12.1. The summed E-state index contributed by atoms with van der Waals surface area (Å²) in [6.07, 6.45) is -7.78. The molecule has 102 valence electrons. The highest BCUT2D eigenvalue weighted by Gasteiger charge is 2.40. The second-order valence-electron chi connectivity index (χ2n) is 3.74. The van der Waals surface area contributed by atoms with E-state index in [1.165, 1.54) is 12.1 Å². The summed E-state index contributed by atoms with van der Waals surface area (Å²) in [4.78, 5) is 0. The number of hydrogen-bond donors (Lipinski definition) is 1. The van der Waals surface area contributed by atoms with Gasteiger partial charge in [-0.3, -0.25) is 0 Å². The van der Waals surface area contributed by atoms with E-state index in [2.05, 4.69) is 15.9 Å². The molecule has 8 heteroatoms. The van der Waals surface area contributed by atoms with Crippen molar-refractivity contribution in [2.45, 2.75) is 18.0 Å². The molecule has 18 heavy (non-hydrogen) atoms. The summed E-state index contributed by atoms with van der Waals surface area (Å²) < 4.78 is 59.8. The molecule has 0 saturated heterocycles. The zero-order valence-corrected chi connectivity index (χ0v) is 11.4. The molecule has 1 aromatic rings. The molecule has 0 aliphatic heterocycles. The van der Waals surface area contributed by atoms with E-state index in [1.54, 1.807) is 12.1 Å². The van der Waals surface area contributed by atoms with Crippen molar-refractivity contribution in [1.29, 1.82) is 0 Å². The molecule has 0 aromatic heterocycles. The van der Waals surface area contributed by atoms with E-state index in [1.807, 2.05) is 0 Å². The minimum absolute atomic E-state index is 0.360. The number of alkyl halides is 3. The smallest absolute Gasteiger partial charge is 0.383 e. The Bertz CT molecular complexity index is 513. The first kappa shape index (κ1) is 15.5. The van der Waals surface area contributed by atoms with E-state index in [0.29, 0.717) is 10.0 Å². The summed E-state index contributed by atoms with van der Waals surface area (Å²) in [5, 5.41) is 8.74. The summed E-state index contributed by atoms with van der Waals surface area (Å²) in [5.74, 6) is -1.87. The van der Waals surface area contributed by atoms with Crippen LogP contribution in [0.2, 0.25) is 0 Å². The van der Waals surface area contributed by atoms with Gasteiger partial charge in [0.05, 0.1) is 11.5 Å². The van der Waals surface area contributed by atoms with Crippen LogP contribution in [0.15, 0.2) is 28.7 Å². The van der Waals surface area contributed by atoms with Gasteiger partial charge in [-0.1, -0.05) is 28.1 Å². The first-order chi connectivity index (χ1) is 8.10. The van der Waals surface area contributed by atoms with Crippen LogP contribution in [-0.2, 0) is 15.6 Å². The van der Waals surface area contributed by atoms with Crippen molar-refractivity contribution in [3.63, 3.8) is 0 Å². The third-order valence-corrected chi connectivity index (χ3v) is 4.16. The van der Waals surface area contributed by atoms with Gasteiger partial charge in [-0.15, -0.1) is 0 Å². The summed E-state index contributed by atoms with van der Waals surface area (Å²) in [5.41, 5.74) is 0.360. The first-order valence-electron chi connectivity index (χ1n) is 4.80. The number of aliphatic hydroxyl groups excluding tert-OH is 1. The summed E-state index contributed by atoms with van der Waals surface area (Å²) in [6, 6.07) is 6.23. The molecule has 0 aliphatic rings. The van der Waals surface area contributed by atoms with Crippen molar-refractivity contribution < 1.29 is 26.7 Å². The molecule has 0 spiro atoms. The number of sulfone groups is 1. The molecule has 1 unspecified atom stereocenters. The Morgan fingerprint density at radius 2 is 1.94 bits per heavy atom. The second-order valence-corrected chi connectivity index (χ2v) is 6.77. The van der Waals surface area contributed by atoms with Crippen molar-refractivity contribution in [2.75, 3.05) is 5.75 Å². The average molecular weight is 347 g/mol. The number of benzene rings is 1. The molecule has 3 nitrogen and oxygen atoms in total. The van der Waals surface area contributed by atoms with E-state index in [9.17, 15) is 21.6 Å². The molecule has 1 aromatic carbocycles. The van der Waals surface area contributed by atoms with Crippen LogP contribution in [0.3, 0.4) is 0 Å². The molecule has 1 N–H and O–H groups in total. The zero-order valence-electron chi connectivity index (χ0n) is 8.98. The monoisotopic (exact) mass is 346 g/mol. The lowest BCUT2D eigenvalue weighted by Crippen LogP contribution is -2.35. The van der Waals surface area contributed by atoms with Gasteiger partial charge in [-0.2, -0.15) is 13.2 Å². The van der Waals surface area contributed by atoms with Gasteiger partial charge >= 0.3 is 6.18 Å². The van der Waals surface area contributed by atoms with Gasteiger partial charge in [-0.05, 0) is 17.7 Å². The lowest BCUT2D eigenvalue weighted by atomic mass is 10.2. The Morgan fingerprint density at radius 3 is 2.44 bits per heavy atom. The molecule has 0 saturated carbocycles. The van der Waals surface area contributed by atoms with Crippen LogP contribution < -0.4 is 0 Å². The fourth-order valence-electron chi connectivity index (χ4n) is 1.27. The van der Waals surface area contributed by atoms with Gasteiger partial charge in [-0.25, -0.2) is 8.42 Å². The van der Waals surface area contributed by atoms with E-state index >= 15 is 0 Å².